The summed E-state index contributed by atoms with van der Waals surface area (Å²) in [5, 5.41) is 15.5. The van der Waals surface area contributed by atoms with Gasteiger partial charge in [0.2, 0.25) is 5.91 Å². The lowest BCUT2D eigenvalue weighted by atomic mass is 9.85. The van der Waals surface area contributed by atoms with E-state index in [0.29, 0.717) is 34.1 Å². The molecule has 0 aliphatic carbocycles. The van der Waals surface area contributed by atoms with Crippen LogP contribution in [0.5, 0.6) is 5.75 Å². The van der Waals surface area contributed by atoms with Crippen LogP contribution in [0.15, 0.2) is 54.7 Å². The number of methoxy groups -OCH3 is 1. The normalized spacial score (nSPS) is 15.5. The fourth-order valence-corrected chi connectivity index (χ4v) is 4.17. The first-order valence-electron chi connectivity index (χ1n) is 10.7. The summed E-state index contributed by atoms with van der Waals surface area (Å²) >= 11 is 0. The maximum atomic E-state index is 13.0. The van der Waals surface area contributed by atoms with Gasteiger partial charge in [-0.2, -0.15) is 28.1 Å². The number of aryl methyl sites for hydroxylation is 1. The molecular weight excluding hydrogens is 461 g/mol. The summed E-state index contributed by atoms with van der Waals surface area (Å²) in [5.74, 6) is 0.466. The lowest BCUT2D eigenvalue weighted by molar-refractivity contribution is -0.137. The van der Waals surface area contributed by atoms with Crippen molar-refractivity contribution in [3.63, 3.8) is 0 Å². The van der Waals surface area contributed by atoms with Gasteiger partial charge in [0.15, 0.2) is 0 Å². The Morgan fingerprint density at radius 1 is 1.09 bits per heavy atom. The second-order valence-corrected chi connectivity index (χ2v) is 8.05. The first-order valence-corrected chi connectivity index (χ1v) is 10.7. The molecule has 1 amide bonds. The maximum absolute atomic E-state index is 13.0. The average molecular weight is 480 g/mol. The van der Waals surface area contributed by atoms with Gasteiger partial charge < -0.3 is 10.1 Å². The van der Waals surface area contributed by atoms with Crippen LogP contribution in [0.4, 0.5) is 19.0 Å². The number of nitrogens with zero attached hydrogens (tertiary/aromatic N) is 5. The maximum Gasteiger partial charge on any atom is 0.416 e. The molecule has 1 N–H and O–H groups in total. The van der Waals surface area contributed by atoms with Crippen molar-refractivity contribution in [2.45, 2.75) is 25.4 Å². The van der Waals surface area contributed by atoms with Crippen LogP contribution in [-0.4, -0.2) is 38.0 Å². The minimum atomic E-state index is -4.44. The molecule has 5 rings (SSSR count). The number of halogens is 3. The first-order chi connectivity index (χ1) is 16.7. The molecule has 8 nitrogen and oxygen atoms in total. The molecule has 0 unspecified atom stereocenters. The van der Waals surface area contributed by atoms with Crippen LogP contribution in [0.25, 0.3) is 17.2 Å². The third-order valence-corrected chi connectivity index (χ3v) is 5.87. The molecule has 35 heavy (non-hydrogen) atoms. The van der Waals surface area contributed by atoms with Crippen molar-refractivity contribution in [2.24, 2.45) is 0 Å². The third-order valence-electron chi connectivity index (χ3n) is 5.87. The lowest BCUT2D eigenvalue weighted by Gasteiger charge is -2.24. The molecule has 1 atom stereocenters. The van der Waals surface area contributed by atoms with Crippen LogP contribution in [0.2, 0.25) is 0 Å². The molecular formula is C24H19F3N6O2. The van der Waals surface area contributed by atoms with E-state index in [0.717, 1.165) is 17.7 Å². The van der Waals surface area contributed by atoms with E-state index in [2.05, 4.69) is 25.6 Å². The summed E-state index contributed by atoms with van der Waals surface area (Å²) in [6.07, 6.45) is -2.85. The van der Waals surface area contributed by atoms with Gasteiger partial charge in [-0.3, -0.25) is 4.79 Å². The van der Waals surface area contributed by atoms with Crippen molar-refractivity contribution < 1.29 is 22.7 Å². The van der Waals surface area contributed by atoms with Gasteiger partial charge in [0, 0.05) is 23.5 Å². The Balaban J connectivity index is 1.55. The number of hydrogen-bond acceptors (Lipinski definition) is 6. The number of amides is 1. The molecule has 0 spiro atoms. The fraction of sp³-hybridized carbons (Fsp3) is 0.208. The Labute approximate surface area is 197 Å². The third kappa shape index (κ3) is 4.20. The molecule has 2 aromatic heterocycles. The van der Waals surface area contributed by atoms with Gasteiger partial charge in [-0.1, -0.05) is 12.1 Å². The van der Waals surface area contributed by atoms with Crippen molar-refractivity contribution in [2.75, 3.05) is 12.4 Å². The van der Waals surface area contributed by atoms with E-state index in [9.17, 15) is 18.0 Å². The van der Waals surface area contributed by atoms with E-state index in [4.69, 9.17) is 4.74 Å². The highest BCUT2D eigenvalue weighted by Gasteiger charge is 2.35. The van der Waals surface area contributed by atoms with Gasteiger partial charge in [0.1, 0.15) is 11.6 Å². The zero-order valence-corrected chi connectivity index (χ0v) is 18.7. The van der Waals surface area contributed by atoms with Gasteiger partial charge in [0.25, 0.3) is 5.95 Å². The number of ether oxygens (including phenoxy) is 1. The Bertz CT molecular complexity index is 1400. The summed E-state index contributed by atoms with van der Waals surface area (Å²) in [6, 6.07) is 12.1. The molecule has 0 saturated heterocycles. The predicted molar refractivity (Wildman–Crippen MR) is 120 cm³/mol. The first kappa shape index (κ1) is 22.5. The summed E-state index contributed by atoms with van der Waals surface area (Å²) < 4.78 is 45.6. The van der Waals surface area contributed by atoms with E-state index < -0.39 is 17.7 Å². The van der Waals surface area contributed by atoms with Crippen molar-refractivity contribution in [3.05, 3.63) is 77.1 Å². The monoisotopic (exact) mass is 480 g/mol. The summed E-state index contributed by atoms with van der Waals surface area (Å²) in [5.41, 5.74) is 2.46. The van der Waals surface area contributed by atoms with Gasteiger partial charge in [-0.05, 0) is 48.9 Å². The highest BCUT2D eigenvalue weighted by molar-refractivity contribution is 5.95. The van der Waals surface area contributed by atoms with Crippen LogP contribution in [0, 0.1) is 6.92 Å². The van der Waals surface area contributed by atoms with Crippen LogP contribution < -0.4 is 10.1 Å². The number of anilines is 1. The SMILES string of the molecule is COc1ccc(-c2cnnc(-n3nc(C)c4c3NC(=O)C[C@H]4c3ccc(C(F)(F)F)cc3)n2)cc1. The highest BCUT2D eigenvalue weighted by atomic mass is 19.4. The van der Waals surface area contributed by atoms with E-state index in [-0.39, 0.29) is 18.3 Å². The number of nitrogens with one attached hydrogen (secondary N) is 1. The molecule has 1 aliphatic heterocycles. The van der Waals surface area contributed by atoms with Crippen molar-refractivity contribution in [3.8, 4) is 23.0 Å². The Morgan fingerprint density at radius 3 is 2.46 bits per heavy atom. The van der Waals surface area contributed by atoms with Crippen LogP contribution >= 0.6 is 0 Å². The number of hydrogen-bond donors (Lipinski definition) is 1. The van der Waals surface area contributed by atoms with Crippen LogP contribution in [0.3, 0.4) is 0 Å². The topological polar surface area (TPSA) is 94.8 Å². The predicted octanol–water partition coefficient (Wildman–Crippen LogP) is 4.53. The van der Waals surface area contributed by atoms with Crippen LogP contribution in [-0.2, 0) is 11.0 Å². The van der Waals surface area contributed by atoms with E-state index in [1.54, 1.807) is 26.2 Å². The van der Waals surface area contributed by atoms with Gasteiger partial charge in [-0.15, -0.1) is 5.10 Å². The minimum Gasteiger partial charge on any atom is -0.497 e. The minimum absolute atomic E-state index is 0.0793. The van der Waals surface area contributed by atoms with E-state index in [1.807, 2.05) is 12.1 Å². The Hall–Kier alpha value is -4.28. The summed E-state index contributed by atoms with van der Waals surface area (Å²) in [6.45, 7) is 1.77. The molecule has 0 bridgehead atoms. The number of fused-ring (bicyclic) bond motifs is 1. The number of carbonyl (C=O) groups excluding carboxylic acids is 1. The molecule has 3 heterocycles. The van der Waals surface area contributed by atoms with E-state index in [1.165, 1.54) is 23.0 Å². The summed E-state index contributed by atoms with van der Waals surface area (Å²) in [7, 11) is 1.58. The Kier molecular flexibility index (Phi) is 5.46. The highest BCUT2D eigenvalue weighted by Crippen LogP contribution is 2.40. The quantitative estimate of drug-likeness (QED) is 0.461. The zero-order valence-electron chi connectivity index (χ0n) is 18.7. The smallest absolute Gasteiger partial charge is 0.416 e. The number of alkyl halides is 3. The lowest BCUT2D eigenvalue weighted by Crippen LogP contribution is -2.25. The van der Waals surface area contributed by atoms with Crippen molar-refractivity contribution >= 4 is 11.7 Å². The average Bonchev–Trinajstić information content (AvgIpc) is 3.19. The van der Waals surface area contributed by atoms with E-state index >= 15 is 0 Å². The van der Waals surface area contributed by atoms with Gasteiger partial charge in [-0.25, -0.2) is 4.98 Å². The molecule has 11 heteroatoms. The molecule has 4 aromatic rings. The second kappa shape index (κ2) is 8.49. The molecule has 1 aliphatic rings. The van der Waals surface area contributed by atoms with Crippen LogP contribution in [0.1, 0.15) is 34.7 Å². The molecule has 0 radical (unpaired) electrons. The van der Waals surface area contributed by atoms with Gasteiger partial charge >= 0.3 is 6.18 Å². The second-order valence-electron chi connectivity index (χ2n) is 8.05. The molecule has 178 valence electrons. The number of benzene rings is 2. The van der Waals surface area contributed by atoms with Gasteiger partial charge in [0.05, 0.1) is 30.3 Å². The van der Waals surface area contributed by atoms with Crippen molar-refractivity contribution in [1.29, 1.82) is 0 Å². The molecule has 0 saturated carbocycles. The number of carbonyl (C=O) groups is 1. The molecule has 2 aromatic carbocycles. The zero-order chi connectivity index (χ0) is 24.7. The molecule has 0 fully saturated rings. The van der Waals surface area contributed by atoms with Crippen molar-refractivity contribution in [1.82, 2.24) is 25.0 Å². The Morgan fingerprint density at radius 2 is 1.80 bits per heavy atom. The standard InChI is InChI=1S/C24H19F3N6O2/c1-13-21-18(14-3-7-16(8-4-14)24(25,26)27)11-20(34)30-22(21)33(32-13)23-29-19(12-28-31-23)15-5-9-17(35-2)10-6-15/h3-10,12,18H,11H2,1-2H3,(H,30,34)/t18-/m0/s1. The number of aromatic nitrogens is 5. The number of rotatable bonds is 4. The fourth-order valence-electron chi connectivity index (χ4n) is 4.17. The largest absolute Gasteiger partial charge is 0.497 e. The summed E-state index contributed by atoms with van der Waals surface area (Å²) in [4.78, 5) is 17.1.